The highest BCUT2D eigenvalue weighted by Crippen LogP contribution is 2.32. The number of aromatic hydroxyl groups is 1. The van der Waals surface area contributed by atoms with Crippen molar-refractivity contribution in [3.63, 3.8) is 0 Å². The second kappa shape index (κ2) is 2.64. The lowest BCUT2D eigenvalue weighted by Crippen LogP contribution is -1.77. The first-order chi connectivity index (χ1) is 4.63. The van der Waals surface area contributed by atoms with E-state index >= 15 is 0 Å². The molecule has 4 heteroatoms. The molecule has 0 aliphatic rings. The predicted octanol–water partition coefficient (Wildman–Crippen LogP) is 2.84. The van der Waals surface area contributed by atoms with Crippen LogP contribution >= 0.6 is 23.2 Å². The van der Waals surface area contributed by atoms with Crippen LogP contribution in [0.1, 0.15) is 0 Å². The highest BCUT2D eigenvalue weighted by Gasteiger charge is 2.07. The van der Waals surface area contributed by atoms with Gasteiger partial charge in [-0.25, -0.2) is 4.39 Å². The molecule has 1 N–H and O–H groups in total. The molecule has 1 rings (SSSR count). The third-order valence-electron chi connectivity index (χ3n) is 1.02. The molecule has 10 heavy (non-hydrogen) atoms. The molecular weight excluding hydrogens is 178 g/mol. The normalized spacial score (nSPS) is 9.90. The maximum atomic E-state index is 12.4. The summed E-state index contributed by atoms with van der Waals surface area (Å²) < 4.78 is 12.4. The third kappa shape index (κ3) is 1.18. The van der Waals surface area contributed by atoms with Crippen LogP contribution in [0.3, 0.4) is 0 Å². The van der Waals surface area contributed by atoms with E-state index in [1.807, 2.05) is 0 Å². The van der Waals surface area contributed by atoms with Crippen molar-refractivity contribution >= 4 is 23.2 Å². The molecule has 1 nitrogen and oxygen atoms in total. The van der Waals surface area contributed by atoms with E-state index in [-0.39, 0.29) is 10.0 Å². The van der Waals surface area contributed by atoms with Crippen molar-refractivity contribution in [2.45, 2.75) is 0 Å². The maximum absolute atomic E-state index is 12.4. The van der Waals surface area contributed by atoms with E-state index in [0.717, 1.165) is 6.07 Å². The highest BCUT2D eigenvalue weighted by molar-refractivity contribution is 6.37. The monoisotopic (exact) mass is 180 g/mol. The Morgan fingerprint density at radius 1 is 1.30 bits per heavy atom. The third-order valence-corrected chi connectivity index (χ3v) is 1.68. The lowest BCUT2D eigenvalue weighted by molar-refractivity contribution is 0.470. The molecule has 0 aromatic heterocycles. The van der Waals surface area contributed by atoms with Gasteiger partial charge in [-0.3, -0.25) is 0 Å². The smallest absolute Gasteiger partial charge is 0.155 e. The highest BCUT2D eigenvalue weighted by atomic mass is 35.5. The molecule has 54 valence electrons. The van der Waals surface area contributed by atoms with Gasteiger partial charge in [0.15, 0.2) is 5.75 Å². The molecule has 0 saturated carbocycles. The minimum Gasteiger partial charge on any atom is -0.505 e. The second-order valence-corrected chi connectivity index (χ2v) is 2.48. The van der Waals surface area contributed by atoms with Gasteiger partial charge in [-0.05, 0) is 12.1 Å². The zero-order valence-electron chi connectivity index (χ0n) is 4.74. The van der Waals surface area contributed by atoms with Crippen LogP contribution in [0.5, 0.6) is 5.75 Å². The van der Waals surface area contributed by atoms with Gasteiger partial charge >= 0.3 is 0 Å². The summed E-state index contributed by atoms with van der Waals surface area (Å²) in [7, 11) is 0. The van der Waals surface area contributed by atoms with Crippen LogP contribution in [-0.2, 0) is 0 Å². The number of halogens is 3. The number of phenols is 1. The van der Waals surface area contributed by atoms with E-state index in [1.54, 1.807) is 0 Å². The van der Waals surface area contributed by atoms with Crippen molar-refractivity contribution in [1.29, 1.82) is 0 Å². The van der Waals surface area contributed by atoms with E-state index in [2.05, 4.69) is 0 Å². The Morgan fingerprint density at radius 3 is 2.40 bits per heavy atom. The fourth-order valence-electron chi connectivity index (χ4n) is 0.516. The number of benzene rings is 1. The van der Waals surface area contributed by atoms with Gasteiger partial charge in [0.1, 0.15) is 10.8 Å². The predicted molar refractivity (Wildman–Crippen MR) is 38.1 cm³/mol. The quantitative estimate of drug-likeness (QED) is 0.610. The van der Waals surface area contributed by atoms with Crippen molar-refractivity contribution in [1.82, 2.24) is 0 Å². The first-order valence-electron chi connectivity index (χ1n) is 2.45. The molecule has 0 atom stereocenters. The summed E-state index contributed by atoms with van der Waals surface area (Å²) in [5.41, 5.74) is 0. The van der Waals surface area contributed by atoms with E-state index in [9.17, 15) is 4.39 Å². The molecule has 0 aliphatic carbocycles. The molecule has 1 aromatic rings. The number of hydrogen-bond donors (Lipinski definition) is 1. The average Bonchev–Trinajstić information content (AvgIpc) is 1.93. The summed E-state index contributed by atoms with van der Waals surface area (Å²) in [5, 5.41) is 8.59. The first kappa shape index (κ1) is 7.63. The van der Waals surface area contributed by atoms with Crippen molar-refractivity contribution in [2.24, 2.45) is 0 Å². The number of phenolic OH excluding ortho intramolecular Hbond substituents is 1. The Kier molecular flexibility index (Phi) is 2.02. The van der Waals surface area contributed by atoms with Crippen molar-refractivity contribution in [3.05, 3.63) is 28.0 Å². The minimum absolute atomic E-state index is 0.0476. The van der Waals surface area contributed by atoms with Crippen LogP contribution in [0.25, 0.3) is 0 Å². The Balaban J connectivity index is 3.34. The molecule has 0 fully saturated rings. The molecule has 0 saturated heterocycles. The standard InChI is InChI=1S/C6H3Cl2FO/c7-3-1-2-4(9)5(8)6(3)10/h1-2,10H. The minimum atomic E-state index is -0.677. The number of hydrogen-bond acceptors (Lipinski definition) is 1. The van der Waals surface area contributed by atoms with Crippen LogP contribution in [0.2, 0.25) is 10.0 Å². The second-order valence-electron chi connectivity index (χ2n) is 1.69. The van der Waals surface area contributed by atoms with Gasteiger partial charge < -0.3 is 5.11 Å². The van der Waals surface area contributed by atoms with Gasteiger partial charge in [0.05, 0.1) is 5.02 Å². The Bertz CT molecular complexity index is 235. The van der Waals surface area contributed by atoms with Gasteiger partial charge in [-0.15, -0.1) is 0 Å². The van der Waals surface area contributed by atoms with Crippen LogP contribution in [0, 0.1) is 5.82 Å². The average molecular weight is 181 g/mol. The van der Waals surface area contributed by atoms with E-state index in [0.29, 0.717) is 0 Å². The summed E-state index contributed by atoms with van der Waals surface area (Å²) in [6.07, 6.45) is 0. The number of rotatable bonds is 0. The van der Waals surface area contributed by atoms with Crippen LogP contribution in [-0.4, -0.2) is 5.11 Å². The molecule has 0 spiro atoms. The Hall–Kier alpha value is -0.470. The van der Waals surface area contributed by atoms with Gasteiger partial charge in [0, 0.05) is 0 Å². The lowest BCUT2D eigenvalue weighted by Gasteiger charge is -1.98. The molecule has 0 amide bonds. The fourth-order valence-corrected chi connectivity index (χ4v) is 0.887. The van der Waals surface area contributed by atoms with E-state index in [1.165, 1.54) is 6.07 Å². The van der Waals surface area contributed by atoms with Crippen molar-refractivity contribution < 1.29 is 9.50 Å². The van der Waals surface area contributed by atoms with Crippen LogP contribution < -0.4 is 0 Å². The fraction of sp³-hybridized carbons (Fsp3) is 0. The Labute approximate surface area is 67.0 Å². The lowest BCUT2D eigenvalue weighted by atomic mass is 10.3. The van der Waals surface area contributed by atoms with E-state index in [4.69, 9.17) is 28.3 Å². The SMILES string of the molecule is Oc1c(Cl)ccc(F)c1Cl. The molecular formula is C6H3Cl2FO. The zero-order valence-corrected chi connectivity index (χ0v) is 6.25. The molecule has 1 aromatic carbocycles. The first-order valence-corrected chi connectivity index (χ1v) is 3.21. The summed E-state index contributed by atoms with van der Waals surface area (Å²) >= 11 is 10.7. The molecule has 0 heterocycles. The van der Waals surface area contributed by atoms with Crippen LogP contribution in [0.4, 0.5) is 4.39 Å². The Morgan fingerprint density at radius 2 is 1.90 bits per heavy atom. The van der Waals surface area contributed by atoms with Crippen molar-refractivity contribution in [2.75, 3.05) is 0 Å². The molecule has 0 bridgehead atoms. The van der Waals surface area contributed by atoms with Gasteiger partial charge in [0.2, 0.25) is 0 Å². The topological polar surface area (TPSA) is 20.2 Å². The van der Waals surface area contributed by atoms with Crippen LogP contribution in [0.15, 0.2) is 12.1 Å². The van der Waals surface area contributed by atoms with Gasteiger partial charge in [-0.2, -0.15) is 0 Å². The maximum Gasteiger partial charge on any atom is 0.155 e. The summed E-state index contributed by atoms with van der Waals surface area (Å²) in [4.78, 5) is 0. The largest absolute Gasteiger partial charge is 0.505 e. The van der Waals surface area contributed by atoms with E-state index < -0.39 is 11.6 Å². The molecule has 0 radical (unpaired) electrons. The summed E-state index contributed by atoms with van der Waals surface area (Å²) in [6, 6.07) is 2.32. The molecule has 0 unspecified atom stereocenters. The summed E-state index contributed by atoms with van der Waals surface area (Å²) in [5.74, 6) is -1.09. The summed E-state index contributed by atoms with van der Waals surface area (Å²) in [6.45, 7) is 0. The van der Waals surface area contributed by atoms with Gasteiger partial charge in [0.25, 0.3) is 0 Å². The van der Waals surface area contributed by atoms with Gasteiger partial charge in [-0.1, -0.05) is 23.2 Å². The van der Waals surface area contributed by atoms with Crippen molar-refractivity contribution in [3.8, 4) is 5.75 Å². The molecule has 0 aliphatic heterocycles. The zero-order chi connectivity index (χ0) is 7.72.